The van der Waals surface area contributed by atoms with Crippen molar-refractivity contribution >= 4 is 10.9 Å². The molecule has 0 aliphatic heterocycles. The summed E-state index contributed by atoms with van der Waals surface area (Å²) in [7, 11) is 2.01. The lowest BCUT2D eigenvalue weighted by Gasteiger charge is -1.99. The molecule has 2 atom stereocenters. The van der Waals surface area contributed by atoms with Gasteiger partial charge in [0.25, 0.3) is 0 Å². The van der Waals surface area contributed by atoms with Crippen LogP contribution in [0.15, 0.2) is 24.3 Å². The van der Waals surface area contributed by atoms with Crippen LogP contribution in [0.1, 0.15) is 25.5 Å². The minimum atomic E-state index is 0.297. The van der Waals surface area contributed by atoms with E-state index in [0.29, 0.717) is 17.3 Å². The second kappa shape index (κ2) is 3.33. The van der Waals surface area contributed by atoms with Crippen LogP contribution >= 0.6 is 0 Å². The molecular formula is C14H19N3. The van der Waals surface area contributed by atoms with Crippen LogP contribution in [-0.2, 0) is 7.05 Å². The first kappa shape index (κ1) is 10.8. The zero-order chi connectivity index (χ0) is 12.2. The van der Waals surface area contributed by atoms with Crippen molar-refractivity contribution in [3.8, 4) is 0 Å². The average Bonchev–Trinajstić information content (AvgIpc) is 2.70. The first-order valence-electron chi connectivity index (χ1n) is 6.19. The highest BCUT2D eigenvalue weighted by Crippen LogP contribution is 2.64. The molecule has 0 saturated heterocycles. The molecule has 3 nitrogen and oxygen atoms in total. The number of rotatable bonds is 2. The number of nitrogens with zero attached hydrogens (tertiary/aromatic N) is 2. The fraction of sp³-hybridized carbons (Fsp3) is 0.500. The Bertz CT molecular complexity index is 568. The fourth-order valence-electron chi connectivity index (χ4n) is 3.20. The zero-order valence-corrected chi connectivity index (χ0v) is 10.6. The highest BCUT2D eigenvalue weighted by Gasteiger charge is 2.58. The molecule has 1 aromatic carbocycles. The molecule has 1 aromatic heterocycles. The molecule has 1 heterocycles. The molecule has 0 bridgehead atoms. The summed E-state index contributed by atoms with van der Waals surface area (Å²) < 4.78 is 1.98. The Morgan fingerprint density at radius 1 is 1.35 bits per heavy atom. The van der Waals surface area contributed by atoms with E-state index in [1.165, 1.54) is 16.6 Å². The van der Waals surface area contributed by atoms with E-state index in [2.05, 4.69) is 38.1 Å². The van der Waals surface area contributed by atoms with Gasteiger partial charge < -0.3 is 5.73 Å². The Kier molecular flexibility index (Phi) is 2.11. The van der Waals surface area contributed by atoms with Gasteiger partial charge in [-0.2, -0.15) is 5.10 Å². The Balaban J connectivity index is 2.14. The Hall–Kier alpha value is -1.35. The van der Waals surface area contributed by atoms with Crippen LogP contribution in [0.25, 0.3) is 10.9 Å². The number of hydrogen-bond donors (Lipinski definition) is 1. The summed E-state index contributed by atoms with van der Waals surface area (Å²) in [6.07, 6.45) is 0. The molecule has 0 radical (unpaired) electrons. The average molecular weight is 229 g/mol. The molecule has 1 aliphatic carbocycles. The van der Waals surface area contributed by atoms with Gasteiger partial charge in [0.2, 0.25) is 0 Å². The number of fused-ring (bicyclic) bond motifs is 1. The van der Waals surface area contributed by atoms with Gasteiger partial charge in [0.05, 0.1) is 11.2 Å². The number of benzene rings is 1. The van der Waals surface area contributed by atoms with E-state index in [0.717, 1.165) is 6.54 Å². The quantitative estimate of drug-likeness (QED) is 0.858. The summed E-state index contributed by atoms with van der Waals surface area (Å²) in [5.41, 5.74) is 8.59. The smallest absolute Gasteiger partial charge is 0.0743 e. The first-order valence-corrected chi connectivity index (χ1v) is 6.19. The van der Waals surface area contributed by atoms with Gasteiger partial charge in [-0.15, -0.1) is 0 Å². The van der Waals surface area contributed by atoms with Gasteiger partial charge >= 0.3 is 0 Å². The fourth-order valence-corrected chi connectivity index (χ4v) is 3.20. The van der Waals surface area contributed by atoms with Gasteiger partial charge in [0, 0.05) is 18.4 Å². The van der Waals surface area contributed by atoms with Crippen molar-refractivity contribution in [1.82, 2.24) is 9.78 Å². The molecule has 0 unspecified atom stereocenters. The Morgan fingerprint density at radius 2 is 2.06 bits per heavy atom. The normalized spacial score (nSPS) is 26.4. The molecule has 3 heteroatoms. The van der Waals surface area contributed by atoms with Crippen molar-refractivity contribution in [3.05, 3.63) is 30.0 Å². The predicted octanol–water partition coefficient (Wildman–Crippen LogP) is 2.27. The molecular weight excluding hydrogens is 210 g/mol. The number of aryl methyl sites for hydroxylation is 1. The molecule has 0 amide bonds. The third-order valence-electron chi connectivity index (χ3n) is 4.39. The molecule has 2 N–H and O–H groups in total. The van der Waals surface area contributed by atoms with Crippen molar-refractivity contribution in [2.45, 2.75) is 19.8 Å². The molecule has 0 spiro atoms. The third kappa shape index (κ3) is 1.35. The Morgan fingerprint density at radius 3 is 2.71 bits per heavy atom. The lowest BCUT2D eigenvalue weighted by molar-refractivity contribution is 0.556. The van der Waals surface area contributed by atoms with E-state index in [-0.39, 0.29) is 0 Å². The molecule has 1 fully saturated rings. The first-order chi connectivity index (χ1) is 8.07. The van der Waals surface area contributed by atoms with E-state index in [4.69, 9.17) is 10.8 Å². The largest absolute Gasteiger partial charge is 0.330 e. The number of nitrogens with two attached hydrogens (primary N) is 1. The predicted molar refractivity (Wildman–Crippen MR) is 69.8 cm³/mol. The summed E-state index contributed by atoms with van der Waals surface area (Å²) in [5.74, 6) is 1.08. The maximum Gasteiger partial charge on any atom is 0.0743 e. The minimum absolute atomic E-state index is 0.297. The van der Waals surface area contributed by atoms with Crippen LogP contribution in [0.5, 0.6) is 0 Å². The maximum absolute atomic E-state index is 5.85. The highest BCUT2D eigenvalue weighted by atomic mass is 15.3. The highest BCUT2D eigenvalue weighted by molar-refractivity contribution is 5.83. The second-order valence-corrected chi connectivity index (χ2v) is 5.67. The minimum Gasteiger partial charge on any atom is -0.330 e. The van der Waals surface area contributed by atoms with Crippen molar-refractivity contribution in [2.24, 2.45) is 24.1 Å². The van der Waals surface area contributed by atoms with Crippen molar-refractivity contribution in [1.29, 1.82) is 0 Å². The summed E-state index contributed by atoms with van der Waals surface area (Å²) in [6.45, 7) is 5.33. The molecule has 1 saturated carbocycles. The van der Waals surface area contributed by atoms with Gasteiger partial charge in [-0.05, 0) is 23.9 Å². The number of hydrogen-bond acceptors (Lipinski definition) is 2. The molecule has 1 aliphatic rings. The van der Waals surface area contributed by atoms with Crippen LogP contribution in [0, 0.1) is 11.3 Å². The molecule has 3 rings (SSSR count). The monoisotopic (exact) mass is 229 g/mol. The zero-order valence-electron chi connectivity index (χ0n) is 10.6. The summed E-state index contributed by atoms with van der Waals surface area (Å²) in [4.78, 5) is 0. The van der Waals surface area contributed by atoms with Crippen molar-refractivity contribution in [3.63, 3.8) is 0 Å². The summed E-state index contributed by atoms with van der Waals surface area (Å²) >= 11 is 0. The van der Waals surface area contributed by atoms with Gasteiger partial charge in [-0.3, -0.25) is 4.68 Å². The van der Waals surface area contributed by atoms with Gasteiger partial charge in [-0.25, -0.2) is 0 Å². The SMILES string of the molecule is Cn1nc([C@H]2[C@H](CN)C2(C)C)c2ccccc21. The van der Waals surface area contributed by atoms with E-state index in [1.54, 1.807) is 0 Å². The molecule has 90 valence electrons. The molecule has 2 aromatic rings. The van der Waals surface area contributed by atoms with Crippen LogP contribution in [0.3, 0.4) is 0 Å². The standard InChI is InChI=1S/C14H19N3/c1-14(2)10(8-15)12(14)13-9-6-4-5-7-11(9)17(3)16-13/h4-7,10,12H,8,15H2,1-3H3/t10-,12+/m0/s1. The lowest BCUT2D eigenvalue weighted by Crippen LogP contribution is -2.05. The topological polar surface area (TPSA) is 43.8 Å². The van der Waals surface area contributed by atoms with E-state index in [1.807, 2.05) is 11.7 Å². The lowest BCUT2D eigenvalue weighted by atomic mass is 10.1. The number of aromatic nitrogens is 2. The van der Waals surface area contributed by atoms with Gasteiger partial charge in [0.15, 0.2) is 0 Å². The van der Waals surface area contributed by atoms with Gasteiger partial charge in [0.1, 0.15) is 0 Å². The van der Waals surface area contributed by atoms with Crippen LogP contribution in [0.2, 0.25) is 0 Å². The van der Waals surface area contributed by atoms with Crippen LogP contribution in [0.4, 0.5) is 0 Å². The maximum atomic E-state index is 5.85. The third-order valence-corrected chi connectivity index (χ3v) is 4.39. The van der Waals surface area contributed by atoms with Crippen LogP contribution < -0.4 is 5.73 Å². The van der Waals surface area contributed by atoms with Crippen molar-refractivity contribution in [2.75, 3.05) is 6.54 Å². The van der Waals surface area contributed by atoms with Crippen LogP contribution in [-0.4, -0.2) is 16.3 Å². The molecule has 17 heavy (non-hydrogen) atoms. The number of para-hydroxylation sites is 1. The Labute approximate surface area is 102 Å². The van der Waals surface area contributed by atoms with E-state index in [9.17, 15) is 0 Å². The van der Waals surface area contributed by atoms with Gasteiger partial charge in [-0.1, -0.05) is 32.0 Å². The second-order valence-electron chi connectivity index (χ2n) is 5.67. The van der Waals surface area contributed by atoms with E-state index >= 15 is 0 Å². The van der Waals surface area contributed by atoms with Crippen molar-refractivity contribution < 1.29 is 0 Å². The van der Waals surface area contributed by atoms with E-state index < -0.39 is 0 Å². The summed E-state index contributed by atoms with van der Waals surface area (Å²) in [6, 6.07) is 8.44. The summed E-state index contributed by atoms with van der Waals surface area (Å²) in [5, 5.41) is 5.99.